The third-order valence-electron chi connectivity index (χ3n) is 9.30. The highest BCUT2D eigenvalue weighted by Gasteiger charge is 2.19. The predicted octanol–water partition coefficient (Wildman–Crippen LogP) is 11.3. The van der Waals surface area contributed by atoms with E-state index in [1.54, 1.807) is 0 Å². The zero-order chi connectivity index (χ0) is 29.8. The molecule has 0 bridgehead atoms. The first kappa shape index (κ1) is 26.6. The molecule has 210 valence electrons. The number of rotatable bonds is 4. The number of hydrogen-bond donors (Lipinski definition) is 0. The molecule has 0 amide bonds. The minimum atomic E-state index is -1.02. The molecule has 0 aliphatic rings. The first-order valence-electron chi connectivity index (χ1n) is 15.6. The SMILES string of the molecule is Cc1ccc2c(-c3ccc(-c4cccc5ccccc45)cc3)c3cc([SiH](C)C)ccc3c(-c3cccc4ccccc34)c2c1. The van der Waals surface area contributed by atoms with Gasteiger partial charge in [-0.3, -0.25) is 0 Å². The molecule has 44 heavy (non-hydrogen) atoms. The Balaban J connectivity index is 1.44. The van der Waals surface area contributed by atoms with Crippen molar-refractivity contribution >= 4 is 57.1 Å². The van der Waals surface area contributed by atoms with Crippen LogP contribution in [0.15, 0.2) is 146 Å². The second-order valence-corrected chi connectivity index (χ2v) is 15.4. The quantitative estimate of drug-likeness (QED) is 0.144. The van der Waals surface area contributed by atoms with Crippen molar-refractivity contribution in [1.82, 2.24) is 0 Å². The molecule has 0 saturated heterocycles. The van der Waals surface area contributed by atoms with E-state index in [4.69, 9.17) is 0 Å². The minimum Gasteiger partial charge on any atom is -0.0682 e. The third kappa shape index (κ3) is 4.35. The van der Waals surface area contributed by atoms with E-state index in [1.807, 2.05) is 0 Å². The monoisotopic (exact) mass is 578 g/mol. The molecule has 0 spiro atoms. The summed E-state index contributed by atoms with van der Waals surface area (Å²) >= 11 is 0. The maximum absolute atomic E-state index is 2.51. The lowest BCUT2D eigenvalue weighted by Gasteiger charge is -2.20. The van der Waals surface area contributed by atoms with Crippen LogP contribution >= 0.6 is 0 Å². The maximum Gasteiger partial charge on any atom is 0.0647 e. The summed E-state index contributed by atoms with van der Waals surface area (Å²) in [5.41, 5.74) is 9.04. The average molecular weight is 579 g/mol. The highest BCUT2D eigenvalue weighted by molar-refractivity contribution is 6.71. The van der Waals surface area contributed by atoms with Crippen LogP contribution in [0.5, 0.6) is 0 Å². The summed E-state index contributed by atoms with van der Waals surface area (Å²) in [5, 5.41) is 11.9. The fourth-order valence-electron chi connectivity index (χ4n) is 7.06. The molecule has 8 rings (SSSR count). The van der Waals surface area contributed by atoms with Crippen molar-refractivity contribution < 1.29 is 0 Å². The molecule has 0 N–H and O–H groups in total. The van der Waals surface area contributed by atoms with Crippen LogP contribution in [-0.2, 0) is 0 Å². The predicted molar refractivity (Wildman–Crippen MR) is 196 cm³/mol. The molecule has 8 aromatic rings. The maximum atomic E-state index is 2.51. The van der Waals surface area contributed by atoms with Gasteiger partial charge in [-0.2, -0.15) is 0 Å². The van der Waals surface area contributed by atoms with Crippen LogP contribution in [0.3, 0.4) is 0 Å². The zero-order valence-corrected chi connectivity index (χ0v) is 26.6. The topological polar surface area (TPSA) is 0 Å². The lowest BCUT2D eigenvalue weighted by atomic mass is 9.84. The Morgan fingerprint density at radius 2 is 0.932 bits per heavy atom. The normalized spacial score (nSPS) is 11.7. The molecule has 0 aliphatic heterocycles. The molecule has 1 heteroatoms. The van der Waals surface area contributed by atoms with Crippen LogP contribution in [0.2, 0.25) is 13.1 Å². The van der Waals surface area contributed by atoms with Crippen LogP contribution in [0.4, 0.5) is 0 Å². The van der Waals surface area contributed by atoms with Crippen LogP contribution in [-0.4, -0.2) is 8.80 Å². The van der Waals surface area contributed by atoms with E-state index in [9.17, 15) is 0 Å². The summed E-state index contributed by atoms with van der Waals surface area (Å²) in [7, 11) is -1.02. The fourth-order valence-corrected chi connectivity index (χ4v) is 8.04. The van der Waals surface area contributed by atoms with Gasteiger partial charge in [-0.05, 0) is 83.4 Å². The van der Waals surface area contributed by atoms with Gasteiger partial charge in [0.1, 0.15) is 0 Å². The Hall–Kier alpha value is -4.98. The van der Waals surface area contributed by atoms with Crippen LogP contribution < -0.4 is 5.19 Å². The largest absolute Gasteiger partial charge is 0.0682 e. The van der Waals surface area contributed by atoms with Gasteiger partial charge in [0.15, 0.2) is 0 Å². The van der Waals surface area contributed by atoms with Gasteiger partial charge in [0.05, 0.1) is 8.80 Å². The molecule has 0 radical (unpaired) electrons. The summed E-state index contributed by atoms with van der Waals surface area (Å²) < 4.78 is 0. The molecule has 0 fully saturated rings. The van der Waals surface area contributed by atoms with E-state index in [1.165, 1.54) is 87.2 Å². The van der Waals surface area contributed by atoms with Crippen molar-refractivity contribution in [3.8, 4) is 33.4 Å². The average Bonchev–Trinajstić information content (AvgIpc) is 3.06. The van der Waals surface area contributed by atoms with Gasteiger partial charge in [0, 0.05) is 0 Å². The number of aryl methyl sites for hydroxylation is 1. The van der Waals surface area contributed by atoms with Crippen LogP contribution in [0, 0.1) is 6.92 Å². The van der Waals surface area contributed by atoms with E-state index in [0.29, 0.717) is 0 Å². The highest BCUT2D eigenvalue weighted by atomic mass is 28.3. The van der Waals surface area contributed by atoms with Gasteiger partial charge in [-0.25, -0.2) is 0 Å². The van der Waals surface area contributed by atoms with Crippen molar-refractivity contribution in [2.24, 2.45) is 0 Å². The van der Waals surface area contributed by atoms with Crippen molar-refractivity contribution in [1.29, 1.82) is 0 Å². The first-order valence-corrected chi connectivity index (χ1v) is 18.5. The Bertz CT molecular complexity index is 2350. The molecule has 0 aliphatic carbocycles. The van der Waals surface area contributed by atoms with Gasteiger partial charge < -0.3 is 0 Å². The van der Waals surface area contributed by atoms with Crippen molar-refractivity contribution in [2.75, 3.05) is 0 Å². The number of fused-ring (bicyclic) bond motifs is 4. The summed E-state index contributed by atoms with van der Waals surface area (Å²) in [5.74, 6) is 0. The molecular formula is C43H34Si. The van der Waals surface area contributed by atoms with E-state index < -0.39 is 8.80 Å². The highest BCUT2D eigenvalue weighted by Crippen LogP contribution is 2.45. The van der Waals surface area contributed by atoms with Crippen molar-refractivity contribution in [3.63, 3.8) is 0 Å². The second kappa shape index (κ2) is 10.6. The third-order valence-corrected chi connectivity index (χ3v) is 11.0. The van der Waals surface area contributed by atoms with Gasteiger partial charge in [0.2, 0.25) is 0 Å². The summed E-state index contributed by atoms with van der Waals surface area (Å²) in [6.45, 7) is 7.06. The lowest BCUT2D eigenvalue weighted by molar-refractivity contribution is 1.51. The smallest absolute Gasteiger partial charge is 0.0647 e. The summed E-state index contributed by atoms with van der Waals surface area (Å²) in [6.07, 6.45) is 0. The van der Waals surface area contributed by atoms with Crippen molar-refractivity contribution in [3.05, 3.63) is 151 Å². The Morgan fingerprint density at radius 3 is 1.64 bits per heavy atom. The molecule has 0 nitrogen and oxygen atoms in total. The van der Waals surface area contributed by atoms with Crippen LogP contribution in [0.25, 0.3) is 76.5 Å². The summed E-state index contributed by atoms with van der Waals surface area (Å²) in [4.78, 5) is 0. The standard InChI is InChI=1S/C43H34Si/c1-28-18-24-38-40(26-28)43(37-17-9-13-30-11-5-7-15-36(30)37)39-25-23-33(44(2)3)27-41(39)42(38)32-21-19-31(20-22-32)35-16-8-12-29-10-4-6-14-34(29)35/h4-27,44H,1-3H3. The van der Waals surface area contributed by atoms with E-state index in [0.717, 1.165) is 0 Å². The molecule has 0 heterocycles. The Labute approximate surface area is 260 Å². The van der Waals surface area contributed by atoms with Crippen molar-refractivity contribution in [2.45, 2.75) is 20.0 Å². The van der Waals surface area contributed by atoms with Gasteiger partial charge in [-0.15, -0.1) is 0 Å². The molecule has 0 unspecified atom stereocenters. The molecule has 0 aromatic heterocycles. The van der Waals surface area contributed by atoms with E-state index in [2.05, 4.69) is 166 Å². The zero-order valence-electron chi connectivity index (χ0n) is 25.4. The molecule has 0 atom stereocenters. The number of benzene rings is 8. The minimum absolute atomic E-state index is 1.02. The molecular weight excluding hydrogens is 545 g/mol. The lowest BCUT2D eigenvalue weighted by Crippen LogP contribution is -2.22. The summed E-state index contributed by atoms with van der Waals surface area (Å²) in [6, 6.07) is 54.4. The Kier molecular flexibility index (Phi) is 6.43. The molecule has 0 saturated carbocycles. The Morgan fingerprint density at radius 1 is 0.386 bits per heavy atom. The van der Waals surface area contributed by atoms with Gasteiger partial charge in [-0.1, -0.05) is 169 Å². The first-order chi connectivity index (χ1) is 21.6. The van der Waals surface area contributed by atoms with E-state index in [-0.39, 0.29) is 0 Å². The van der Waals surface area contributed by atoms with Gasteiger partial charge >= 0.3 is 0 Å². The molecule has 8 aromatic carbocycles. The van der Waals surface area contributed by atoms with Crippen LogP contribution in [0.1, 0.15) is 5.56 Å². The van der Waals surface area contributed by atoms with Gasteiger partial charge in [0.25, 0.3) is 0 Å². The second-order valence-electron chi connectivity index (χ2n) is 12.4. The number of hydrogen-bond acceptors (Lipinski definition) is 0. The fraction of sp³-hybridized carbons (Fsp3) is 0.0698. The van der Waals surface area contributed by atoms with E-state index >= 15 is 0 Å².